The van der Waals surface area contributed by atoms with Crippen LogP contribution >= 0.6 is 0 Å². The summed E-state index contributed by atoms with van der Waals surface area (Å²) in [7, 11) is -2.46. The Kier molecular flexibility index (Phi) is 8.69. The highest BCUT2D eigenvalue weighted by molar-refractivity contribution is 7.92. The molecular formula is C23H28FN3O5S. The van der Waals surface area contributed by atoms with E-state index in [1.165, 1.54) is 61.3 Å². The number of nitrogens with one attached hydrogen (secondary N) is 1. The van der Waals surface area contributed by atoms with Gasteiger partial charge in [-0.3, -0.25) is 18.7 Å². The zero-order chi connectivity index (χ0) is 24.8. The van der Waals surface area contributed by atoms with E-state index in [-0.39, 0.29) is 24.4 Å². The fourth-order valence-corrected chi connectivity index (χ4v) is 4.21. The second-order valence-electron chi connectivity index (χ2n) is 7.56. The van der Waals surface area contributed by atoms with Crippen molar-refractivity contribution in [1.82, 2.24) is 10.2 Å². The third-order valence-corrected chi connectivity index (χ3v) is 6.26. The van der Waals surface area contributed by atoms with E-state index in [1.54, 1.807) is 13.0 Å². The first-order valence-corrected chi connectivity index (χ1v) is 12.2. The maximum Gasteiger partial charge on any atom is 0.244 e. The molecule has 0 radical (unpaired) electrons. The van der Waals surface area contributed by atoms with Crippen molar-refractivity contribution in [2.75, 3.05) is 24.2 Å². The largest absolute Gasteiger partial charge is 0.357 e. The molecule has 0 aliphatic heterocycles. The van der Waals surface area contributed by atoms with Crippen molar-refractivity contribution < 1.29 is 27.2 Å². The van der Waals surface area contributed by atoms with Gasteiger partial charge in [-0.2, -0.15) is 0 Å². The van der Waals surface area contributed by atoms with Crippen molar-refractivity contribution >= 4 is 33.3 Å². The summed E-state index contributed by atoms with van der Waals surface area (Å²) < 4.78 is 39.3. The molecule has 178 valence electrons. The number of benzene rings is 2. The normalized spacial score (nSPS) is 12.0. The molecule has 0 aliphatic carbocycles. The first kappa shape index (κ1) is 26.0. The number of nitrogens with zero attached hydrogens (tertiary/aromatic N) is 2. The van der Waals surface area contributed by atoms with Crippen LogP contribution in [0.4, 0.5) is 10.1 Å². The first-order valence-electron chi connectivity index (χ1n) is 10.3. The van der Waals surface area contributed by atoms with E-state index >= 15 is 0 Å². The lowest BCUT2D eigenvalue weighted by Crippen LogP contribution is -2.51. The predicted octanol–water partition coefficient (Wildman–Crippen LogP) is 2.35. The number of carbonyl (C=O) groups is 3. The zero-order valence-corrected chi connectivity index (χ0v) is 19.9. The molecule has 0 bridgehead atoms. The van der Waals surface area contributed by atoms with E-state index in [1.807, 2.05) is 0 Å². The molecule has 0 aromatic heterocycles. The molecule has 2 aromatic carbocycles. The molecule has 0 aliphatic rings. The molecule has 0 heterocycles. The van der Waals surface area contributed by atoms with Crippen LogP contribution in [0.3, 0.4) is 0 Å². The van der Waals surface area contributed by atoms with Crippen LogP contribution in [-0.2, 0) is 26.2 Å². The van der Waals surface area contributed by atoms with Gasteiger partial charge in [0.25, 0.3) is 0 Å². The predicted molar refractivity (Wildman–Crippen MR) is 124 cm³/mol. The van der Waals surface area contributed by atoms with E-state index in [4.69, 9.17) is 0 Å². The Morgan fingerprint density at radius 2 is 1.73 bits per heavy atom. The monoisotopic (exact) mass is 477 g/mol. The Hall–Kier alpha value is -3.27. The molecule has 2 rings (SSSR count). The number of ketones is 1. The second-order valence-corrected chi connectivity index (χ2v) is 9.47. The quantitative estimate of drug-likeness (QED) is 0.529. The third-order valence-electron chi connectivity index (χ3n) is 5.12. The van der Waals surface area contributed by atoms with Crippen molar-refractivity contribution in [1.29, 1.82) is 0 Å². The first-order chi connectivity index (χ1) is 15.5. The van der Waals surface area contributed by atoms with Gasteiger partial charge in [0.05, 0.1) is 11.9 Å². The van der Waals surface area contributed by atoms with Gasteiger partial charge in [0.1, 0.15) is 18.4 Å². The van der Waals surface area contributed by atoms with Crippen molar-refractivity contribution in [3.8, 4) is 0 Å². The van der Waals surface area contributed by atoms with Crippen LogP contribution in [0.15, 0.2) is 48.5 Å². The molecule has 2 amide bonds. The molecule has 10 heteroatoms. The van der Waals surface area contributed by atoms with E-state index in [0.717, 1.165) is 10.6 Å². The minimum Gasteiger partial charge on any atom is -0.357 e. The van der Waals surface area contributed by atoms with Crippen LogP contribution in [0.2, 0.25) is 0 Å². The van der Waals surface area contributed by atoms with Crippen LogP contribution in [0.25, 0.3) is 0 Å². The van der Waals surface area contributed by atoms with Gasteiger partial charge in [-0.15, -0.1) is 0 Å². The Labute approximate surface area is 193 Å². The number of anilines is 1. The molecule has 0 fully saturated rings. The molecule has 1 N–H and O–H groups in total. The highest BCUT2D eigenvalue weighted by atomic mass is 32.2. The summed E-state index contributed by atoms with van der Waals surface area (Å²) in [5, 5.41) is 2.52. The minimum absolute atomic E-state index is 0.0177. The lowest BCUT2D eigenvalue weighted by atomic mass is 10.1. The zero-order valence-electron chi connectivity index (χ0n) is 19.0. The molecule has 0 spiro atoms. The minimum atomic E-state index is -3.90. The Morgan fingerprint density at radius 3 is 2.24 bits per heavy atom. The van der Waals surface area contributed by atoms with Gasteiger partial charge in [0.15, 0.2) is 5.78 Å². The molecule has 2 aromatic rings. The number of hydrogen-bond acceptors (Lipinski definition) is 5. The number of sulfonamides is 1. The number of rotatable bonds is 10. The summed E-state index contributed by atoms with van der Waals surface area (Å²) in [6, 6.07) is 10.6. The molecule has 0 saturated carbocycles. The van der Waals surface area contributed by atoms with Gasteiger partial charge in [-0.1, -0.05) is 31.2 Å². The van der Waals surface area contributed by atoms with Crippen LogP contribution in [0.1, 0.15) is 36.2 Å². The molecule has 33 heavy (non-hydrogen) atoms. The highest BCUT2D eigenvalue weighted by Gasteiger charge is 2.31. The number of Topliss-reactive ketones (excluding diaryl/α,β-unsaturated/α-hetero) is 1. The fourth-order valence-electron chi connectivity index (χ4n) is 3.37. The van der Waals surface area contributed by atoms with Gasteiger partial charge in [0.2, 0.25) is 21.8 Å². The second kappa shape index (κ2) is 11.0. The van der Waals surface area contributed by atoms with E-state index in [2.05, 4.69) is 5.32 Å². The fraction of sp³-hybridized carbons (Fsp3) is 0.348. The Bertz CT molecular complexity index is 1120. The van der Waals surface area contributed by atoms with Crippen LogP contribution in [-0.4, -0.2) is 56.8 Å². The summed E-state index contributed by atoms with van der Waals surface area (Å²) >= 11 is 0. The molecule has 8 nitrogen and oxygen atoms in total. The van der Waals surface area contributed by atoms with Gasteiger partial charge >= 0.3 is 0 Å². The van der Waals surface area contributed by atoms with Crippen molar-refractivity contribution in [2.45, 2.75) is 32.9 Å². The topological polar surface area (TPSA) is 104 Å². The lowest BCUT2D eigenvalue weighted by molar-refractivity contribution is -0.140. The molecule has 1 atom stereocenters. The number of hydrogen-bond donors (Lipinski definition) is 1. The van der Waals surface area contributed by atoms with Gasteiger partial charge < -0.3 is 10.2 Å². The molecular weight excluding hydrogens is 449 g/mol. The summed E-state index contributed by atoms with van der Waals surface area (Å²) in [6.45, 7) is 2.50. The summed E-state index contributed by atoms with van der Waals surface area (Å²) in [5.74, 6) is -1.71. The number of likely N-dealkylation sites (N-methyl/N-ethyl adjacent to an activating group) is 1. The van der Waals surface area contributed by atoms with Gasteiger partial charge in [-0.25, -0.2) is 12.8 Å². The number of halogens is 1. The Balaban J connectivity index is 2.45. The van der Waals surface area contributed by atoms with Crippen LogP contribution in [0.5, 0.6) is 0 Å². The number of amides is 2. The third kappa shape index (κ3) is 6.85. The SMILES string of the molecule is CC[C@@H](C(=O)NC)N(Cc1ccc(F)cc1)C(=O)CN(c1cccc(C(C)=O)c1)S(C)(=O)=O. The van der Waals surface area contributed by atoms with E-state index < -0.39 is 40.2 Å². The molecule has 0 saturated heterocycles. The van der Waals surface area contributed by atoms with Gasteiger partial charge in [0, 0.05) is 19.2 Å². The number of carbonyl (C=O) groups excluding carboxylic acids is 3. The summed E-state index contributed by atoms with van der Waals surface area (Å²) in [5.41, 5.74) is 1.04. The van der Waals surface area contributed by atoms with Crippen LogP contribution < -0.4 is 9.62 Å². The average molecular weight is 478 g/mol. The van der Waals surface area contributed by atoms with E-state index in [9.17, 15) is 27.2 Å². The lowest BCUT2D eigenvalue weighted by Gasteiger charge is -2.32. The standard InChI is InChI=1S/C23H28FN3O5S/c1-5-21(23(30)25-3)26(14-17-9-11-19(24)12-10-17)22(29)15-27(33(4,31)32)20-8-6-7-18(13-20)16(2)28/h6-13,21H,5,14-15H2,1-4H3,(H,25,30)/t21-/m0/s1. The maximum absolute atomic E-state index is 13.4. The van der Waals surface area contributed by atoms with Crippen LogP contribution in [0, 0.1) is 5.82 Å². The van der Waals surface area contributed by atoms with Gasteiger partial charge in [-0.05, 0) is 43.2 Å². The molecule has 0 unspecified atom stereocenters. The smallest absolute Gasteiger partial charge is 0.244 e. The van der Waals surface area contributed by atoms with Crippen molar-refractivity contribution in [2.24, 2.45) is 0 Å². The van der Waals surface area contributed by atoms with Crippen molar-refractivity contribution in [3.05, 3.63) is 65.5 Å². The maximum atomic E-state index is 13.4. The van der Waals surface area contributed by atoms with E-state index in [0.29, 0.717) is 11.1 Å². The summed E-state index contributed by atoms with van der Waals surface area (Å²) in [6.07, 6.45) is 1.24. The Morgan fingerprint density at radius 1 is 1.09 bits per heavy atom. The van der Waals surface area contributed by atoms with Crippen molar-refractivity contribution in [3.63, 3.8) is 0 Å². The highest BCUT2D eigenvalue weighted by Crippen LogP contribution is 2.21. The average Bonchev–Trinajstić information content (AvgIpc) is 2.77. The summed E-state index contributed by atoms with van der Waals surface area (Å²) in [4.78, 5) is 38.9.